The maximum absolute atomic E-state index is 13.9. The van der Waals surface area contributed by atoms with E-state index in [0.29, 0.717) is 5.69 Å². The molecule has 2 atom stereocenters. The topological polar surface area (TPSA) is 86.8 Å². The summed E-state index contributed by atoms with van der Waals surface area (Å²) in [5, 5.41) is 2.94. The number of anilines is 1. The zero-order valence-electron chi connectivity index (χ0n) is 22.7. The van der Waals surface area contributed by atoms with Gasteiger partial charge in [0.1, 0.15) is 12.6 Å². The standard InChI is InChI=1S/C30H37N3O4S/c1-6-24(4)31-30(35)25(5)32(20-26-13-9-7-10-14-26)29(34)21-33(27-18-17-22(2)23(3)19-27)38(36,37)28-15-11-8-12-16-28/h7-19,24-25H,6,20-21H2,1-5H3,(H,31,35)/t24-,25-/m1/s1. The molecule has 0 radical (unpaired) electrons. The van der Waals surface area contributed by atoms with E-state index >= 15 is 0 Å². The molecule has 7 nitrogen and oxygen atoms in total. The van der Waals surface area contributed by atoms with Crippen LogP contribution in [0.4, 0.5) is 5.69 Å². The van der Waals surface area contributed by atoms with Gasteiger partial charge < -0.3 is 10.2 Å². The Morgan fingerprint density at radius 1 is 0.868 bits per heavy atom. The molecule has 0 spiro atoms. The lowest BCUT2D eigenvalue weighted by atomic mass is 10.1. The Labute approximate surface area is 226 Å². The molecule has 0 bridgehead atoms. The van der Waals surface area contributed by atoms with Crippen LogP contribution in [0, 0.1) is 13.8 Å². The highest BCUT2D eigenvalue weighted by molar-refractivity contribution is 7.92. The van der Waals surface area contributed by atoms with Gasteiger partial charge in [0.05, 0.1) is 10.6 Å². The van der Waals surface area contributed by atoms with E-state index in [2.05, 4.69) is 5.32 Å². The largest absolute Gasteiger partial charge is 0.352 e. The lowest BCUT2D eigenvalue weighted by Gasteiger charge is -2.32. The van der Waals surface area contributed by atoms with Crippen LogP contribution in [0.5, 0.6) is 0 Å². The molecule has 38 heavy (non-hydrogen) atoms. The van der Waals surface area contributed by atoms with E-state index in [-0.39, 0.29) is 23.4 Å². The molecule has 0 unspecified atom stereocenters. The number of hydrogen-bond acceptors (Lipinski definition) is 4. The summed E-state index contributed by atoms with van der Waals surface area (Å²) >= 11 is 0. The number of amides is 2. The van der Waals surface area contributed by atoms with Crippen molar-refractivity contribution in [1.29, 1.82) is 0 Å². The quantitative estimate of drug-likeness (QED) is 0.381. The number of carbonyl (C=O) groups is 2. The molecule has 8 heteroatoms. The molecule has 0 fully saturated rings. The fourth-order valence-corrected chi connectivity index (χ4v) is 5.38. The van der Waals surface area contributed by atoms with Gasteiger partial charge in [0, 0.05) is 12.6 Å². The highest BCUT2D eigenvalue weighted by Crippen LogP contribution is 2.26. The minimum absolute atomic E-state index is 0.0517. The van der Waals surface area contributed by atoms with E-state index in [0.717, 1.165) is 27.4 Å². The number of nitrogens with one attached hydrogen (secondary N) is 1. The predicted molar refractivity (Wildman–Crippen MR) is 151 cm³/mol. The fourth-order valence-electron chi connectivity index (χ4n) is 3.96. The summed E-state index contributed by atoms with van der Waals surface area (Å²) in [5.74, 6) is -0.759. The third-order valence-corrected chi connectivity index (χ3v) is 8.54. The molecule has 0 aliphatic heterocycles. The molecular weight excluding hydrogens is 498 g/mol. The minimum Gasteiger partial charge on any atom is -0.352 e. The van der Waals surface area contributed by atoms with E-state index in [1.54, 1.807) is 37.3 Å². The molecular formula is C30H37N3O4S. The van der Waals surface area contributed by atoms with Crippen molar-refractivity contribution in [2.24, 2.45) is 0 Å². The van der Waals surface area contributed by atoms with Crippen LogP contribution in [-0.4, -0.2) is 43.8 Å². The maximum Gasteiger partial charge on any atom is 0.264 e. The van der Waals surface area contributed by atoms with Crippen LogP contribution in [0.3, 0.4) is 0 Å². The van der Waals surface area contributed by atoms with Crippen molar-refractivity contribution in [3.63, 3.8) is 0 Å². The Kier molecular flexibility index (Phi) is 9.69. The molecule has 0 heterocycles. The number of hydrogen-bond donors (Lipinski definition) is 1. The second kappa shape index (κ2) is 12.7. The van der Waals surface area contributed by atoms with Gasteiger partial charge in [-0.2, -0.15) is 0 Å². The summed E-state index contributed by atoms with van der Waals surface area (Å²) < 4.78 is 28.8. The van der Waals surface area contributed by atoms with Crippen LogP contribution in [0.15, 0.2) is 83.8 Å². The summed E-state index contributed by atoms with van der Waals surface area (Å²) in [6.45, 7) is 9.11. The van der Waals surface area contributed by atoms with Gasteiger partial charge >= 0.3 is 0 Å². The SMILES string of the molecule is CC[C@@H](C)NC(=O)[C@@H](C)N(Cc1ccccc1)C(=O)CN(c1ccc(C)c(C)c1)S(=O)(=O)c1ccccc1. The van der Waals surface area contributed by atoms with E-state index in [4.69, 9.17) is 0 Å². The van der Waals surface area contributed by atoms with E-state index in [1.165, 1.54) is 17.0 Å². The number of aryl methyl sites for hydroxylation is 2. The van der Waals surface area contributed by atoms with Gasteiger partial charge in [-0.05, 0) is 75.1 Å². The average molecular weight is 536 g/mol. The monoisotopic (exact) mass is 535 g/mol. The molecule has 3 aromatic carbocycles. The van der Waals surface area contributed by atoms with Gasteiger partial charge in [0.2, 0.25) is 11.8 Å². The highest BCUT2D eigenvalue weighted by atomic mass is 32.2. The Morgan fingerprint density at radius 2 is 1.47 bits per heavy atom. The number of nitrogens with zero attached hydrogens (tertiary/aromatic N) is 2. The summed E-state index contributed by atoms with van der Waals surface area (Å²) in [6.07, 6.45) is 0.751. The Balaban J connectivity index is 2.02. The molecule has 0 aliphatic rings. The van der Waals surface area contributed by atoms with Crippen LogP contribution in [0.25, 0.3) is 0 Å². The fraction of sp³-hybridized carbons (Fsp3) is 0.333. The second-order valence-corrected chi connectivity index (χ2v) is 11.5. The van der Waals surface area contributed by atoms with Crippen molar-refractivity contribution < 1.29 is 18.0 Å². The number of sulfonamides is 1. The van der Waals surface area contributed by atoms with Gasteiger partial charge in [-0.1, -0.05) is 61.5 Å². The Bertz CT molecular complexity index is 1340. The highest BCUT2D eigenvalue weighted by Gasteiger charge is 2.32. The predicted octanol–water partition coefficient (Wildman–Crippen LogP) is 4.83. The van der Waals surface area contributed by atoms with Crippen molar-refractivity contribution in [3.05, 3.63) is 95.6 Å². The Morgan fingerprint density at radius 3 is 2.05 bits per heavy atom. The van der Waals surface area contributed by atoms with Crippen molar-refractivity contribution >= 4 is 27.5 Å². The third kappa shape index (κ3) is 7.01. The first-order valence-corrected chi connectivity index (χ1v) is 14.3. The second-order valence-electron chi connectivity index (χ2n) is 9.59. The van der Waals surface area contributed by atoms with E-state index in [9.17, 15) is 18.0 Å². The number of benzene rings is 3. The lowest BCUT2D eigenvalue weighted by molar-refractivity contribution is -0.139. The molecule has 0 aliphatic carbocycles. The zero-order valence-corrected chi connectivity index (χ0v) is 23.5. The smallest absolute Gasteiger partial charge is 0.264 e. The molecule has 0 saturated heterocycles. The number of carbonyl (C=O) groups excluding carboxylic acids is 2. The molecule has 202 valence electrons. The normalized spacial score (nSPS) is 12.9. The van der Waals surface area contributed by atoms with Crippen LogP contribution >= 0.6 is 0 Å². The van der Waals surface area contributed by atoms with Gasteiger partial charge in [-0.25, -0.2) is 8.42 Å². The van der Waals surface area contributed by atoms with Crippen molar-refractivity contribution in [2.45, 2.75) is 64.6 Å². The molecule has 3 rings (SSSR count). The number of rotatable bonds is 11. The van der Waals surface area contributed by atoms with Gasteiger partial charge in [-0.15, -0.1) is 0 Å². The van der Waals surface area contributed by atoms with Crippen molar-refractivity contribution in [2.75, 3.05) is 10.8 Å². The first kappa shape index (κ1) is 28.9. The van der Waals surface area contributed by atoms with Crippen molar-refractivity contribution in [3.8, 4) is 0 Å². The van der Waals surface area contributed by atoms with Gasteiger partial charge in [0.15, 0.2) is 0 Å². The van der Waals surface area contributed by atoms with E-state index in [1.807, 2.05) is 64.1 Å². The minimum atomic E-state index is -4.07. The van der Waals surface area contributed by atoms with Crippen LogP contribution < -0.4 is 9.62 Å². The zero-order chi connectivity index (χ0) is 27.9. The van der Waals surface area contributed by atoms with Gasteiger partial charge in [-0.3, -0.25) is 13.9 Å². The first-order valence-electron chi connectivity index (χ1n) is 12.8. The summed E-state index contributed by atoms with van der Waals surface area (Å²) in [4.78, 5) is 28.5. The summed E-state index contributed by atoms with van der Waals surface area (Å²) in [6, 6.07) is 21.9. The van der Waals surface area contributed by atoms with Crippen LogP contribution in [-0.2, 0) is 26.2 Å². The van der Waals surface area contributed by atoms with Crippen LogP contribution in [0.2, 0.25) is 0 Å². The average Bonchev–Trinajstić information content (AvgIpc) is 2.92. The molecule has 0 aromatic heterocycles. The molecule has 0 saturated carbocycles. The molecule has 3 aromatic rings. The Hall–Kier alpha value is -3.65. The third-order valence-electron chi connectivity index (χ3n) is 6.75. The maximum atomic E-state index is 13.9. The summed E-state index contributed by atoms with van der Waals surface area (Å²) in [5.41, 5.74) is 3.15. The first-order chi connectivity index (χ1) is 18.0. The van der Waals surface area contributed by atoms with Gasteiger partial charge in [0.25, 0.3) is 10.0 Å². The van der Waals surface area contributed by atoms with Crippen LogP contribution in [0.1, 0.15) is 43.9 Å². The van der Waals surface area contributed by atoms with E-state index < -0.39 is 28.5 Å². The molecule has 1 N–H and O–H groups in total. The lowest BCUT2D eigenvalue weighted by Crippen LogP contribution is -2.52. The summed E-state index contributed by atoms with van der Waals surface area (Å²) in [7, 11) is -4.07. The van der Waals surface area contributed by atoms with Crippen molar-refractivity contribution in [1.82, 2.24) is 10.2 Å². The molecule has 2 amide bonds.